The first-order valence-corrected chi connectivity index (χ1v) is 8.87. The first-order valence-electron chi connectivity index (χ1n) is 8.87. The third-order valence-corrected chi connectivity index (χ3v) is 4.03. The average molecular weight is 376 g/mol. The SMILES string of the molecule is O=C(CNC(=O)c1ccccc1)NCCn1nc(-c2ccccc2)ccc1=O. The summed E-state index contributed by atoms with van der Waals surface area (Å²) in [5, 5.41) is 9.56. The van der Waals surface area contributed by atoms with E-state index < -0.39 is 0 Å². The normalized spacial score (nSPS) is 10.3. The molecule has 0 atom stereocenters. The standard InChI is InChI=1S/C21H20N4O3/c26-19(15-23-21(28)17-9-5-2-6-10-17)22-13-14-25-20(27)12-11-18(24-25)16-7-3-1-4-8-16/h1-12H,13-15H2,(H,22,26)(H,23,28). The summed E-state index contributed by atoms with van der Waals surface area (Å²) in [5.41, 5.74) is 1.83. The van der Waals surface area contributed by atoms with E-state index in [1.54, 1.807) is 30.3 Å². The van der Waals surface area contributed by atoms with Crippen molar-refractivity contribution in [2.75, 3.05) is 13.1 Å². The number of amides is 2. The summed E-state index contributed by atoms with van der Waals surface area (Å²) >= 11 is 0. The molecule has 0 aliphatic rings. The van der Waals surface area contributed by atoms with Crippen molar-refractivity contribution in [1.82, 2.24) is 20.4 Å². The molecule has 0 radical (unpaired) electrons. The maximum absolute atomic E-state index is 12.0. The van der Waals surface area contributed by atoms with Gasteiger partial charge in [-0.25, -0.2) is 4.68 Å². The molecule has 2 N–H and O–H groups in total. The number of carbonyl (C=O) groups excluding carboxylic acids is 2. The molecule has 2 amide bonds. The Balaban J connectivity index is 1.50. The van der Waals surface area contributed by atoms with Gasteiger partial charge in [0.15, 0.2) is 0 Å². The Morgan fingerprint density at radius 2 is 1.54 bits per heavy atom. The number of nitrogens with zero attached hydrogens (tertiary/aromatic N) is 2. The number of aromatic nitrogens is 2. The Morgan fingerprint density at radius 3 is 2.25 bits per heavy atom. The van der Waals surface area contributed by atoms with Crippen molar-refractivity contribution in [2.45, 2.75) is 6.54 Å². The van der Waals surface area contributed by atoms with Crippen LogP contribution >= 0.6 is 0 Å². The molecule has 0 fully saturated rings. The van der Waals surface area contributed by atoms with Gasteiger partial charge in [-0.2, -0.15) is 5.10 Å². The van der Waals surface area contributed by atoms with Crippen LogP contribution in [-0.4, -0.2) is 34.7 Å². The van der Waals surface area contributed by atoms with Crippen LogP contribution in [0.1, 0.15) is 10.4 Å². The number of rotatable bonds is 7. The number of hydrogen-bond acceptors (Lipinski definition) is 4. The summed E-state index contributed by atoms with van der Waals surface area (Å²) in [6.45, 7) is 0.323. The van der Waals surface area contributed by atoms with Crippen LogP contribution in [0.3, 0.4) is 0 Å². The molecule has 3 rings (SSSR count). The lowest BCUT2D eigenvalue weighted by atomic mass is 10.1. The maximum Gasteiger partial charge on any atom is 0.266 e. The topological polar surface area (TPSA) is 93.1 Å². The number of nitrogens with one attached hydrogen (secondary N) is 2. The van der Waals surface area contributed by atoms with Crippen LogP contribution < -0.4 is 16.2 Å². The summed E-state index contributed by atoms with van der Waals surface area (Å²) in [7, 11) is 0. The molecule has 28 heavy (non-hydrogen) atoms. The molecule has 0 aliphatic carbocycles. The van der Waals surface area contributed by atoms with E-state index in [1.165, 1.54) is 10.7 Å². The van der Waals surface area contributed by atoms with Gasteiger partial charge in [-0.05, 0) is 18.2 Å². The van der Waals surface area contributed by atoms with E-state index in [-0.39, 0.29) is 37.0 Å². The Labute approximate surface area is 162 Å². The molecular weight excluding hydrogens is 356 g/mol. The van der Waals surface area contributed by atoms with Gasteiger partial charge >= 0.3 is 0 Å². The zero-order chi connectivity index (χ0) is 19.8. The fourth-order valence-electron chi connectivity index (χ4n) is 2.59. The lowest BCUT2D eigenvalue weighted by molar-refractivity contribution is -0.120. The predicted octanol–water partition coefficient (Wildman–Crippen LogP) is 1.46. The Morgan fingerprint density at radius 1 is 0.857 bits per heavy atom. The van der Waals surface area contributed by atoms with E-state index >= 15 is 0 Å². The van der Waals surface area contributed by atoms with Gasteiger partial charge in [-0.15, -0.1) is 0 Å². The van der Waals surface area contributed by atoms with Crippen LogP contribution in [0.25, 0.3) is 11.3 Å². The fraction of sp³-hybridized carbons (Fsp3) is 0.143. The molecule has 0 unspecified atom stereocenters. The van der Waals surface area contributed by atoms with Gasteiger partial charge < -0.3 is 10.6 Å². The largest absolute Gasteiger partial charge is 0.353 e. The third kappa shape index (κ3) is 5.14. The van der Waals surface area contributed by atoms with Crippen molar-refractivity contribution >= 4 is 11.8 Å². The molecule has 1 heterocycles. The molecule has 1 aromatic heterocycles. The molecular formula is C21H20N4O3. The fourth-order valence-corrected chi connectivity index (χ4v) is 2.59. The lowest BCUT2D eigenvalue weighted by Gasteiger charge is -2.09. The quantitative estimate of drug-likeness (QED) is 0.653. The lowest BCUT2D eigenvalue weighted by Crippen LogP contribution is -2.39. The van der Waals surface area contributed by atoms with Crippen LogP contribution in [0, 0.1) is 0 Å². The smallest absolute Gasteiger partial charge is 0.266 e. The number of benzene rings is 2. The number of carbonyl (C=O) groups is 2. The molecule has 7 heteroatoms. The van der Waals surface area contributed by atoms with Gasteiger partial charge in [0.25, 0.3) is 11.5 Å². The van der Waals surface area contributed by atoms with E-state index in [1.807, 2.05) is 36.4 Å². The van der Waals surface area contributed by atoms with E-state index in [2.05, 4.69) is 15.7 Å². The molecule has 0 saturated carbocycles. The molecule has 0 spiro atoms. The highest BCUT2D eigenvalue weighted by atomic mass is 16.2. The highest BCUT2D eigenvalue weighted by molar-refractivity contribution is 5.96. The second-order valence-corrected chi connectivity index (χ2v) is 6.04. The Hall–Kier alpha value is -3.74. The van der Waals surface area contributed by atoms with E-state index in [0.29, 0.717) is 11.3 Å². The second kappa shape index (κ2) is 9.27. The second-order valence-electron chi connectivity index (χ2n) is 6.04. The molecule has 0 bridgehead atoms. The van der Waals surface area contributed by atoms with Crippen LogP contribution in [-0.2, 0) is 11.3 Å². The average Bonchev–Trinajstić information content (AvgIpc) is 2.74. The van der Waals surface area contributed by atoms with Crippen molar-refractivity contribution in [3.63, 3.8) is 0 Å². The first-order chi connectivity index (χ1) is 13.6. The summed E-state index contributed by atoms with van der Waals surface area (Å²) in [6.07, 6.45) is 0. The third-order valence-electron chi connectivity index (χ3n) is 4.03. The minimum Gasteiger partial charge on any atom is -0.353 e. The summed E-state index contributed by atoms with van der Waals surface area (Å²) in [6, 6.07) is 21.3. The summed E-state index contributed by atoms with van der Waals surface area (Å²) in [4.78, 5) is 35.8. The summed E-state index contributed by atoms with van der Waals surface area (Å²) in [5.74, 6) is -0.652. The minimum absolute atomic E-state index is 0.139. The summed E-state index contributed by atoms with van der Waals surface area (Å²) < 4.78 is 1.31. The molecule has 3 aromatic rings. The zero-order valence-electron chi connectivity index (χ0n) is 15.2. The van der Waals surface area contributed by atoms with Crippen LogP contribution in [0.4, 0.5) is 0 Å². The maximum atomic E-state index is 12.0. The molecule has 0 aliphatic heterocycles. The van der Waals surface area contributed by atoms with Crippen LogP contribution in [0.5, 0.6) is 0 Å². The van der Waals surface area contributed by atoms with Gasteiger partial charge in [0, 0.05) is 23.7 Å². The van der Waals surface area contributed by atoms with Gasteiger partial charge in [0.1, 0.15) is 0 Å². The first kappa shape index (κ1) is 19.0. The van der Waals surface area contributed by atoms with E-state index in [4.69, 9.17) is 0 Å². The van der Waals surface area contributed by atoms with Crippen molar-refractivity contribution in [3.05, 3.63) is 88.7 Å². The van der Waals surface area contributed by atoms with Crippen LogP contribution in [0.2, 0.25) is 0 Å². The van der Waals surface area contributed by atoms with Gasteiger partial charge in [0.05, 0.1) is 18.8 Å². The van der Waals surface area contributed by atoms with E-state index in [0.717, 1.165) is 5.56 Å². The van der Waals surface area contributed by atoms with Gasteiger partial charge in [-0.3, -0.25) is 14.4 Å². The van der Waals surface area contributed by atoms with Gasteiger partial charge in [-0.1, -0.05) is 48.5 Å². The number of hydrogen-bond donors (Lipinski definition) is 2. The van der Waals surface area contributed by atoms with Crippen molar-refractivity contribution < 1.29 is 9.59 Å². The van der Waals surface area contributed by atoms with Gasteiger partial charge in [0.2, 0.25) is 5.91 Å². The Bertz CT molecular complexity index is 1000. The van der Waals surface area contributed by atoms with Crippen LogP contribution in [0.15, 0.2) is 77.6 Å². The molecule has 0 saturated heterocycles. The van der Waals surface area contributed by atoms with Crippen molar-refractivity contribution in [3.8, 4) is 11.3 Å². The highest BCUT2D eigenvalue weighted by Gasteiger charge is 2.08. The molecule has 142 valence electrons. The highest BCUT2D eigenvalue weighted by Crippen LogP contribution is 2.13. The monoisotopic (exact) mass is 376 g/mol. The zero-order valence-corrected chi connectivity index (χ0v) is 15.2. The Kier molecular flexibility index (Phi) is 6.30. The predicted molar refractivity (Wildman–Crippen MR) is 106 cm³/mol. The molecule has 2 aromatic carbocycles. The minimum atomic E-state index is -0.337. The van der Waals surface area contributed by atoms with Crippen molar-refractivity contribution in [2.24, 2.45) is 0 Å². The molecule has 7 nitrogen and oxygen atoms in total. The van der Waals surface area contributed by atoms with Crippen molar-refractivity contribution in [1.29, 1.82) is 0 Å². The van der Waals surface area contributed by atoms with E-state index in [9.17, 15) is 14.4 Å².